The monoisotopic (exact) mass is 198 g/mol. The van der Waals surface area contributed by atoms with Crippen LogP contribution in [-0.2, 0) is 16.0 Å². The molecule has 1 atom stereocenters. The fraction of sp³-hybridized carbons (Fsp3) is 0.600. The van der Waals surface area contributed by atoms with Crippen LogP contribution in [0, 0.1) is 0 Å². The van der Waals surface area contributed by atoms with Crippen molar-refractivity contribution in [2.24, 2.45) is 0 Å². The molecule has 4 heteroatoms. The van der Waals surface area contributed by atoms with Crippen molar-refractivity contribution >= 4 is 0 Å². The van der Waals surface area contributed by atoms with Crippen molar-refractivity contribution in [3.8, 4) is 0 Å². The minimum absolute atomic E-state index is 0.124. The third-order valence-corrected chi connectivity index (χ3v) is 2.05. The molecular formula is C10H18N2O2. The van der Waals surface area contributed by atoms with E-state index in [1.807, 2.05) is 18.5 Å². The molecule has 0 spiro atoms. The maximum absolute atomic E-state index is 5.21. The van der Waals surface area contributed by atoms with Crippen LogP contribution in [0.2, 0.25) is 0 Å². The van der Waals surface area contributed by atoms with Crippen LogP contribution in [0.4, 0.5) is 0 Å². The Balaban J connectivity index is 2.13. The topological polar surface area (TPSA) is 46.3 Å². The van der Waals surface area contributed by atoms with E-state index in [2.05, 4.69) is 10.3 Å². The Kier molecular flexibility index (Phi) is 5.29. The lowest BCUT2D eigenvalue weighted by Gasteiger charge is -2.14. The summed E-state index contributed by atoms with van der Waals surface area (Å²) < 4.78 is 10.2. The molecule has 4 nitrogen and oxygen atoms in total. The first-order valence-corrected chi connectivity index (χ1v) is 4.71. The third-order valence-electron chi connectivity index (χ3n) is 2.05. The van der Waals surface area contributed by atoms with Crippen LogP contribution in [0.5, 0.6) is 0 Å². The summed E-state index contributed by atoms with van der Waals surface area (Å²) in [5.74, 6) is 0. The molecule has 1 aromatic rings. The van der Waals surface area contributed by atoms with Crippen LogP contribution in [0.25, 0.3) is 0 Å². The van der Waals surface area contributed by atoms with E-state index >= 15 is 0 Å². The van der Waals surface area contributed by atoms with E-state index < -0.39 is 0 Å². The zero-order chi connectivity index (χ0) is 10.2. The SMILES string of the molecule is COCC(CNCc1cc[nH]c1)OC. The molecule has 0 aromatic carbocycles. The number of methoxy groups -OCH3 is 2. The van der Waals surface area contributed by atoms with E-state index in [1.165, 1.54) is 5.56 Å². The molecule has 0 aliphatic heterocycles. The molecule has 80 valence electrons. The summed E-state index contributed by atoms with van der Waals surface area (Å²) in [6.45, 7) is 2.28. The Labute approximate surface area is 84.6 Å². The van der Waals surface area contributed by atoms with Crippen LogP contribution in [0.1, 0.15) is 5.56 Å². The predicted octanol–water partition coefficient (Wildman–Crippen LogP) is 0.766. The van der Waals surface area contributed by atoms with Gasteiger partial charge in [0.05, 0.1) is 12.7 Å². The van der Waals surface area contributed by atoms with Gasteiger partial charge in [0.1, 0.15) is 0 Å². The highest BCUT2D eigenvalue weighted by molar-refractivity contribution is 5.07. The Bertz CT molecular complexity index is 224. The Hall–Kier alpha value is -0.840. The summed E-state index contributed by atoms with van der Waals surface area (Å²) in [4.78, 5) is 3.01. The normalized spacial score (nSPS) is 13.0. The molecule has 14 heavy (non-hydrogen) atoms. The van der Waals surface area contributed by atoms with Gasteiger partial charge in [-0.1, -0.05) is 0 Å². The Morgan fingerprint density at radius 1 is 1.50 bits per heavy atom. The number of aromatic nitrogens is 1. The number of hydrogen-bond donors (Lipinski definition) is 2. The van der Waals surface area contributed by atoms with Crippen LogP contribution >= 0.6 is 0 Å². The first-order valence-electron chi connectivity index (χ1n) is 4.71. The molecule has 0 fully saturated rings. The number of H-pyrrole nitrogens is 1. The quantitative estimate of drug-likeness (QED) is 0.680. The minimum atomic E-state index is 0.124. The Morgan fingerprint density at radius 3 is 2.93 bits per heavy atom. The van der Waals surface area contributed by atoms with Crippen molar-refractivity contribution in [2.75, 3.05) is 27.4 Å². The second-order valence-electron chi connectivity index (χ2n) is 3.16. The fourth-order valence-electron chi connectivity index (χ4n) is 1.24. The highest BCUT2D eigenvalue weighted by Gasteiger charge is 2.05. The zero-order valence-corrected chi connectivity index (χ0v) is 8.75. The number of ether oxygens (including phenoxy) is 2. The summed E-state index contributed by atoms with van der Waals surface area (Å²) in [5, 5.41) is 3.30. The summed E-state index contributed by atoms with van der Waals surface area (Å²) in [5.41, 5.74) is 1.25. The number of aromatic amines is 1. The largest absolute Gasteiger partial charge is 0.382 e. The van der Waals surface area contributed by atoms with Crippen LogP contribution in [-0.4, -0.2) is 38.5 Å². The molecule has 1 heterocycles. The van der Waals surface area contributed by atoms with Gasteiger partial charge in [0, 0.05) is 39.7 Å². The summed E-state index contributed by atoms with van der Waals surface area (Å²) in [6.07, 6.45) is 4.02. The molecule has 1 unspecified atom stereocenters. The smallest absolute Gasteiger partial charge is 0.0928 e. The average molecular weight is 198 g/mol. The van der Waals surface area contributed by atoms with Gasteiger partial charge < -0.3 is 19.8 Å². The molecule has 0 aliphatic rings. The lowest BCUT2D eigenvalue weighted by molar-refractivity contribution is 0.0288. The predicted molar refractivity (Wildman–Crippen MR) is 55.2 cm³/mol. The first-order chi connectivity index (χ1) is 6.86. The van der Waals surface area contributed by atoms with Crippen molar-refractivity contribution in [3.05, 3.63) is 24.0 Å². The molecule has 0 saturated heterocycles. The fourth-order valence-corrected chi connectivity index (χ4v) is 1.24. The van der Waals surface area contributed by atoms with E-state index in [0.717, 1.165) is 13.1 Å². The van der Waals surface area contributed by atoms with Crippen molar-refractivity contribution in [2.45, 2.75) is 12.6 Å². The molecule has 0 saturated carbocycles. The van der Waals surface area contributed by atoms with Gasteiger partial charge in [0.25, 0.3) is 0 Å². The molecule has 1 rings (SSSR count). The van der Waals surface area contributed by atoms with Crippen LogP contribution in [0.3, 0.4) is 0 Å². The molecule has 0 aliphatic carbocycles. The summed E-state index contributed by atoms with van der Waals surface area (Å²) in [6, 6.07) is 2.05. The van der Waals surface area contributed by atoms with Gasteiger partial charge in [-0.3, -0.25) is 0 Å². The molecule has 0 amide bonds. The zero-order valence-electron chi connectivity index (χ0n) is 8.75. The van der Waals surface area contributed by atoms with Gasteiger partial charge in [0.2, 0.25) is 0 Å². The average Bonchev–Trinajstić information content (AvgIpc) is 2.69. The number of rotatable bonds is 7. The Morgan fingerprint density at radius 2 is 2.36 bits per heavy atom. The standard InChI is InChI=1S/C10H18N2O2/c1-13-8-10(14-2)7-12-6-9-3-4-11-5-9/h3-5,10-12H,6-8H2,1-2H3. The van der Waals surface area contributed by atoms with E-state index in [9.17, 15) is 0 Å². The molecule has 0 radical (unpaired) electrons. The summed E-state index contributed by atoms with van der Waals surface area (Å²) in [7, 11) is 3.37. The van der Waals surface area contributed by atoms with Crippen LogP contribution in [0.15, 0.2) is 18.5 Å². The van der Waals surface area contributed by atoms with Gasteiger partial charge in [0.15, 0.2) is 0 Å². The van der Waals surface area contributed by atoms with Crippen molar-refractivity contribution < 1.29 is 9.47 Å². The third kappa shape index (κ3) is 3.91. The second kappa shape index (κ2) is 6.59. The summed E-state index contributed by atoms with van der Waals surface area (Å²) >= 11 is 0. The van der Waals surface area contributed by atoms with Gasteiger partial charge >= 0.3 is 0 Å². The van der Waals surface area contributed by atoms with Crippen LogP contribution < -0.4 is 5.32 Å². The maximum atomic E-state index is 5.21. The highest BCUT2D eigenvalue weighted by atomic mass is 16.5. The molecule has 1 aromatic heterocycles. The second-order valence-corrected chi connectivity index (χ2v) is 3.16. The number of nitrogens with one attached hydrogen (secondary N) is 2. The van der Waals surface area contributed by atoms with E-state index in [4.69, 9.17) is 9.47 Å². The first kappa shape index (κ1) is 11.2. The van der Waals surface area contributed by atoms with E-state index in [-0.39, 0.29) is 6.10 Å². The van der Waals surface area contributed by atoms with Crippen molar-refractivity contribution in [3.63, 3.8) is 0 Å². The lowest BCUT2D eigenvalue weighted by Crippen LogP contribution is -2.31. The molecular weight excluding hydrogens is 180 g/mol. The lowest BCUT2D eigenvalue weighted by atomic mass is 10.3. The van der Waals surface area contributed by atoms with Gasteiger partial charge in [-0.25, -0.2) is 0 Å². The molecule has 2 N–H and O–H groups in total. The van der Waals surface area contributed by atoms with E-state index in [0.29, 0.717) is 6.61 Å². The maximum Gasteiger partial charge on any atom is 0.0928 e. The van der Waals surface area contributed by atoms with Crippen molar-refractivity contribution in [1.82, 2.24) is 10.3 Å². The van der Waals surface area contributed by atoms with Gasteiger partial charge in [-0.15, -0.1) is 0 Å². The number of hydrogen-bond acceptors (Lipinski definition) is 3. The van der Waals surface area contributed by atoms with Gasteiger partial charge in [-0.2, -0.15) is 0 Å². The molecule has 0 bridgehead atoms. The highest BCUT2D eigenvalue weighted by Crippen LogP contribution is 1.95. The van der Waals surface area contributed by atoms with E-state index in [1.54, 1.807) is 14.2 Å². The van der Waals surface area contributed by atoms with Gasteiger partial charge in [-0.05, 0) is 11.6 Å². The van der Waals surface area contributed by atoms with Crippen molar-refractivity contribution in [1.29, 1.82) is 0 Å². The minimum Gasteiger partial charge on any atom is -0.382 e.